The SMILES string of the molecule is CCC(CO)NC(=O)C(=O)NCCCc1ccccc1. The molecule has 0 aliphatic carbocycles. The maximum absolute atomic E-state index is 11.5. The number of hydrogen-bond acceptors (Lipinski definition) is 3. The predicted octanol–water partition coefficient (Wildman–Crippen LogP) is 0.623. The minimum absolute atomic E-state index is 0.163. The van der Waals surface area contributed by atoms with Gasteiger partial charge in [0.15, 0.2) is 0 Å². The van der Waals surface area contributed by atoms with Crippen LogP contribution in [0, 0.1) is 0 Å². The molecule has 2 amide bonds. The summed E-state index contributed by atoms with van der Waals surface area (Å²) in [4.78, 5) is 23.0. The molecule has 1 unspecified atom stereocenters. The van der Waals surface area contributed by atoms with Crippen molar-refractivity contribution < 1.29 is 14.7 Å². The van der Waals surface area contributed by atoms with Gasteiger partial charge in [0.1, 0.15) is 0 Å². The molecule has 5 heteroatoms. The molecule has 20 heavy (non-hydrogen) atoms. The minimum atomic E-state index is -0.689. The molecule has 1 atom stereocenters. The van der Waals surface area contributed by atoms with Gasteiger partial charge in [-0.3, -0.25) is 9.59 Å². The Kier molecular flexibility index (Phi) is 7.35. The number of carbonyl (C=O) groups excluding carboxylic acids is 2. The van der Waals surface area contributed by atoms with Crippen LogP contribution in [0.1, 0.15) is 25.3 Å². The summed E-state index contributed by atoms with van der Waals surface area (Å²) in [7, 11) is 0. The van der Waals surface area contributed by atoms with Gasteiger partial charge in [0.25, 0.3) is 0 Å². The van der Waals surface area contributed by atoms with E-state index in [-0.39, 0.29) is 12.6 Å². The monoisotopic (exact) mass is 278 g/mol. The van der Waals surface area contributed by atoms with E-state index in [1.165, 1.54) is 5.56 Å². The van der Waals surface area contributed by atoms with Crippen molar-refractivity contribution in [3.8, 4) is 0 Å². The molecular weight excluding hydrogens is 256 g/mol. The second kappa shape index (κ2) is 9.09. The maximum Gasteiger partial charge on any atom is 0.309 e. The first-order valence-corrected chi connectivity index (χ1v) is 6.90. The fourth-order valence-electron chi connectivity index (χ4n) is 1.75. The quantitative estimate of drug-likeness (QED) is 0.505. The van der Waals surface area contributed by atoms with E-state index in [9.17, 15) is 9.59 Å². The van der Waals surface area contributed by atoms with E-state index in [1.54, 1.807) is 0 Å². The van der Waals surface area contributed by atoms with E-state index in [0.29, 0.717) is 13.0 Å². The van der Waals surface area contributed by atoms with E-state index >= 15 is 0 Å². The fourth-order valence-corrected chi connectivity index (χ4v) is 1.75. The van der Waals surface area contributed by atoms with Gasteiger partial charge < -0.3 is 15.7 Å². The first-order valence-electron chi connectivity index (χ1n) is 6.90. The summed E-state index contributed by atoms with van der Waals surface area (Å²) in [5, 5.41) is 14.0. The molecule has 0 aromatic heterocycles. The molecule has 0 radical (unpaired) electrons. The normalized spacial score (nSPS) is 11.7. The Bertz CT molecular complexity index is 416. The summed E-state index contributed by atoms with van der Waals surface area (Å²) < 4.78 is 0. The first-order chi connectivity index (χ1) is 9.67. The predicted molar refractivity (Wildman–Crippen MR) is 77.1 cm³/mol. The van der Waals surface area contributed by atoms with Crippen molar-refractivity contribution in [2.24, 2.45) is 0 Å². The van der Waals surface area contributed by atoms with Crippen LogP contribution in [0.4, 0.5) is 0 Å². The van der Waals surface area contributed by atoms with Gasteiger partial charge >= 0.3 is 11.8 Å². The highest BCUT2D eigenvalue weighted by atomic mass is 16.3. The Hall–Kier alpha value is -1.88. The molecule has 1 rings (SSSR count). The summed E-state index contributed by atoms with van der Waals surface area (Å²) in [6.07, 6.45) is 2.22. The summed E-state index contributed by atoms with van der Waals surface area (Å²) in [5.41, 5.74) is 1.21. The topological polar surface area (TPSA) is 78.4 Å². The average Bonchev–Trinajstić information content (AvgIpc) is 2.49. The fraction of sp³-hybridized carbons (Fsp3) is 0.467. The second-order valence-corrected chi connectivity index (χ2v) is 4.61. The highest BCUT2D eigenvalue weighted by Gasteiger charge is 2.16. The lowest BCUT2D eigenvalue weighted by molar-refractivity contribution is -0.139. The van der Waals surface area contributed by atoms with Crippen molar-refractivity contribution in [1.29, 1.82) is 0 Å². The van der Waals surface area contributed by atoms with Crippen LogP contribution in [0.5, 0.6) is 0 Å². The van der Waals surface area contributed by atoms with E-state index in [4.69, 9.17) is 5.11 Å². The van der Waals surface area contributed by atoms with Crippen LogP contribution in [0.25, 0.3) is 0 Å². The van der Waals surface area contributed by atoms with Gasteiger partial charge in [0.2, 0.25) is 0 Å². The zero-order chi connectivity index (χ0) is 14.8. The molecule has 5 nitrogen and oxygen atoms in total. The van der Waals surface area contributed by atoms with Crippen LogP contribution in [0.3, 0.4) is 0 Å². The molecule has 0 saturated heterocycles. The average molecular weight is 278 g/mol. The van der Waals surface area contributed by atoms with Gasteiger partial charge in [0.05, 0.1) is 12.6 Å². The molecule has 110 valence electrons. The highest BCUT2D eigenvalue weighted by molar-refractivity contribution is 6.35. The van der Waals surface area contributed by atoms with Gasteiger partial charge in [-0.15, -0.1) is 0 Å². The number of rotatable bonds is 7. The number of aliphatic hydroxyl groups is 1. The largest absolute Gasteiger partial charge is 0.394 e. The van der Waals surface area contributed by atoms with Crippen molar-refractivity contribution in [3.63, 3.8) is 0 Å². The molecule has 0 saturated carbocycles. The van der Waals surface area contributed by atoms with Gasteiger partial charge in [-0.2, -0.15) is 0 Å². The molecule has 0 fully saturated rings. The first kappa shape index (κ1) is 16.2. The summed E-state index contributed by atoms with van der Waals surface area (Å²) in [5.74, 6) is -1.34. The number of hydrogen-bond donors (Lipinski definition) is 3. The number of amides is 2. The van der Waals surface area contributed by atoms with E-state index in [0.717, 1.165) is 12.8 Å². The molecule has 1 aromatic carbocycles. The summed E-state index contributed by atoms with van der Waals surface area (Å²) >= 11 is 0. The summed E-state index contributed by atoms with van der Waals surface area (Å²) in [6.45, 7) is 2.12. The van der Waals surface area contributed by atoms with Crippen LogP contribution >= 0.6 is 0 Å². The Morgan fingerprint density at radius 1 is 1.20 bits per heavy atom. The third-order valence-electron chi connectivity index (χ3n) is 3.03. The van der Waals surface area contributed by atoms with Crippen LogP contribution in [0.15, 0.2) is 30.3 Å². The van der Waals surface area contributed by atoms with E-state index in [2.05, 4.69) is 10.6 Å². The lowest BCUT2D eigenvalue weighted by Gasteiger charge is -2.13. The Balaban J connectivity index is 2.21. The van der Waals surface area contributed by atoms with Gasteiger partial charge in [-0.1, -0.05) is 37.3 Å². The number of aliphatic hydroxyl groups excluding tert-OH is 1. The zero-order valence-corrected chi connectivity index (χ0v) is 11.8. The van der Waals surface area contributed by atoms with E-state index in [1.807, 2.05) is 37.3 Å². The van der Waals surface area contributed by atoms with Crippen LogP contribution in [-0.4, -0.2) is 36.1 Å². The van der Waals surface area contributed by atoms with Crippen LogP contribution < -0.4 is 10.6 Å². The molecule has 0 heterocycles. The maximum atomic E-state index is 11.5. The Morgan fingerprint density at radius 2 is 1.90 bits per heavy atom. The number of nitrogens with one attached hydrogen (secondary N) is 2. The highest BCUT2D eigenvalue weighted by Crippen LogP contribution is 2.01. The molecule has 3 N–H and O–H groups in total. The number of carbonyl (C=O) groups is 2. The third kappa shape index (κ3) is 5.84. The zero-order valence-electron chi connectivity index (χ0n) is 11.8. The molecular formula is C15H22N2O3. The van der Waals surface area contributed by atoms with Gasteiger partial charge in [-0.05, 0) is 24.8 Å². The van der Waals surface area contributed by atoms with Crippen molar-refractivity contribution in [3.05, 3.63) is 35.9 Å². The van der Waals surface area contributed by atoms with Crippen LogP contribution in [-0.2, 0) is 16.0 Å². The second-order valence-electron chi connectivity index (χ2n) is 4.61. The molecule has 0 spiro atoms. The molecule has 0 aliphatic rings. The van der Waals surface area contributed by atoms with Crippen molar-refractivity contribution >= 4 is 11.8 Å². The van der Waals surface area contributed by atoms with Gasteiger partial charge in [-0.25, -0.2) is 0 Å². The lowest BCUT2D eigenvalue weighted by atomic mass is 10.1. The molecule has 0 aliphatic heterocycles. The molecule has 1 aromatic rings. The number of aryl methyl sites for hydroxylation is 1. The Labute approximate surface area is 119 Å². The lowest BCUT2D eigenvalue weighted by Crippen LogP contribution is -2.45. The van der Waals surface area contributed by atoms with E-state index < -0.39 is 11.8 Å². The minimum Gasteiger partial charge on any atom is -0.394 e. The summed E-state index contributed by atoms with van der Waals surface area (Å²) in [6, 6.07) is 9.60. The smallest absolute Gasteiger partial charge is 0.309 e. The van der Waals surface area contributed by atoms with Crippen molar-refractivity contribution in [2.45, 2.75) is 32.2 Å². The standard InChI is InChI=1S/C15H22N2O3/c1-2-13(11-18)17-15(20)14(19)16-10-6-9-12-7-4-3-5-8-12/h3-5,7-8,13,18H,2,6,9-11H2,1H3,(H,16,19)(H,17,20). The Morgan fingerprint density at radius 3 is 2.50 bits per heavy atom. The van der Waals surface area contributed by atoms with Crippen LogP contribution in [0.2, 0.25) is 0 Å². The third-order valence-corrected chi connectivity index (χ3v) is 3.03. The van der Waals surface area contributed by atoms with Crippen molar-refractivity contribution in [2.75, 3.05) is 13.2 Å². The van der Waals surface area contributed by atoms with Gasteiger partial charge in [0, 0.05) is 6.54 Å². The number of benzene rings is 1. The van der Waals surface area contributed by atoms with Crippen molar-refractivity contribution in [1.82, 2.24) is 10.6 Å². The molecule has 0 bridgehead atoms.